The van der Waals surface area contributed by atoms with Gasteiger partial charge in [-0.15, -0.1) is 0 Å². The van der Waals surface area contributed by atoms with Gasteiger partial charge in [0.2, 0.25) is 5.91 Å². The molecule has 3 heteroatoms. The Kier molecular flexibility index (Phi) is 3.26. The van der Waals surface area contributed by atoms with E-state index in [0.29, 0.717) is 18.0 Å². The van der Waals surface area contributed by atoms with Crippen LogP contribution in [0, 0.1) is 5.41 Å². The Labute approximate surface area is 103 Å². The van der Waals surface area contributed by atoms with Crippen molar-refractivity contribution < 1.29 is 4.79 Å². The van der Waals surface area contributed by atoms with Crippen molar-refractivity contribution in [2.24, 2.45) is 5.41 Å². The molecule has 0 aromatic carbocycles. The van der Waals surface area contributed by atoms with E-state index in [1.807, 2.05) is 32.5 Å². The van der Waals surface area contributed by atoms with E-state index in [0.717, 1.165) is 5.25 Å². The number of carbonyl (C=O) groups excluding carboxylic acids is 1. The highest BCUT2D eigenvalue weighted by atomic mass is 32.2. The SMILES string of the molecule is CSC1CC2CCC(C1)N2C(=O)C(C)(C)C. The van der Waals surface area contributed by atoms with Gasteiger partial charge in [0.05, 0.1) is 0 Å². The lowest BCUT2D eigenvalue weighted by molar-refractivity contribution is -0.143. The first kappa shape index (κ1) is 12.3. The van der Waals surface area contributed by atoms with Gasteiger partial charge < -0.3 is 4.90 Å². The number of amides is 1. The Bertz CT molecular complexity index is 270. The third-order valence-electron chi connectivity index (χ3n) is 3.90. The van der Waals surface area contributed by atoms with E-state index in [2.05, 4.69) is 11.2 Å². The number of fused-ring (bicyclic) bond motifs is 2. The Morgan fingerprint density at radius 1 is 1.19 bits per heavy atom. The van der Waals surface area contributed by atoms with Crippen molar-refractivity contribution in [3.63, 3.8) is 0 Å². The number of carbonyl (C=O) groups is 1. The van der Waals surface area contributed by atoms with E-state index in [-0.39, 0.29) is 5.41 Å². The maximum Gasteiger partial charge on any atom is 0.228 e. The number of rotatable bonds is 1. The van der Waals surface area contributed by atoms with Crippen molar-refractivity contribution in [1.29, 1.82) is 0 Å². The molecule has 1 amide bonds. The summed E-state index contributed by atoms with van der Waals surface area (Å²) in [6, 6.07) is 1.06. The summed E-state index contributed by atoms with van der Waals surface area (Å²) in [5.41, 5.74) is -0.215. The van der Waals surface area contributed by atoms with Gasteiger partial charge in [0.1, 0.15) is 0 Å². The van der Waals surface area contributed by atoms with Crippen molar-refractivity contribution in [2.75, 3.05) is 6.26 Å². The van der Waals surface area contributed by atoms with Crippen LogP contribution in [-0.2, 0) is 4.79 Å². The molecule has 0 saturated carbocycles. The number of hydrogen-bond acceptors (Lipinski definition) is 2. The second-order valence-corrected chi connectivity index (χ2v) is 7.31. The molecule has 2 fully saturated rings. The van der Waals surface area contributed by atoms with Gasteiger partial charge >= 0.3 is 0 Å². The summed E-state index contributed by atoms with van der Waals surface area (Å²) in [5, 5.41) is 0.779. The molecule has 0 aromatic rings. The van der Waals surface area contributed by atoms with Crippen molar-refractivity contribution >= 4 is 17.7 Å². The Morgan fingerprint density at radius 2 is 1.69 bits per heavy atom. The lowest BCUT2D eigenvalue weighted by Gasteiger charge is -2.41. The highest BCUT2D eigenvalue weighted by Crippen LogP contribution is 2.41. The minimum atomic E-state index is -0.215. The third-order valence-corrected chi connectivity index (χ3v) is 4.95. The zero-order valence-corrected chi connectivity index (χ0v) is 11.6. The predicted molar refractivity (Wildman–Crippen MR) is 69.6 cm³/mol. The molecule has 0 N–H and O–H groups in total. The summed E-state index contributed by atoms with van der Waals surface area (Å²) in [6.07, 6.45) is 7.07. The largest absolute Gasteiger partial charge is 0.336 e. The van der Waals surface area contributed by atoms with Crippen LogP contribution < -0.4 is 0 Å². The van der Waals surface area contributed by atoms with E-state index in [4.69, 9.17) is 0 Å². The van der Waals surface area contributed by atoms with E-state index in [1.165, 1.54) is 25.7 Å². The summed E-state index contributed by atoms with van der Waals surface area (Å²) >= 11 is 1.98. The Balaban J connectivity index is 2.12. The Hall–Kier alpha value is -0.180. The van der Waals surface area contributed by atoms with Crippen LogP contribution in [0.25, 0.3) is 0 Å². The average Bonchev–Trinajstić information content (AvgIpc) is 2.46. The molecule has 2 atom stereocenters. The van der Waals surface area contributed by atoms with Crippen LogP contribution in [0.3, 0.4) is 0 Å². The highest BCUT2D eigenvalue weighted by Gasteiger charge is 2.45. The fourth-order valence-electron chi connectivity index (χ4n) is 3.04. The number of piperidine rings is 1. The standard InChI is InChI=1S/C13H23NOS/c1-13(2,3)12(15)14-9-5-6-10(14)8-11(7-9)16-4/h9-11H,5-8H2,1-4H3. The molecule has 2 bridgehead atoms. The topological polar surface area (TPSA) is 20.3 Å². The average molecular weight is 241 g/mol. The number of hydrogen-bond donors (Lipinski definition) is 0. The maximum absolute atomic E-state index is 12.4. The van der Waals surface area contributed by atoms with Crippen LogP contribution in [0.5, 0.6) is 0 Å². The molecule has 2 saturated heterocycles. The van der Waals surface area contributed by atoms with Crippen LogP contribution in [0.15, 0.2) is 0 Å². The second kappa shape index (κ2) is 4.25. The summed E-state index contributed by atoms with van der Waals surface area (Å²) in [5.74, 6) is 0.361. The van der Waals surface area contributed by atoms with Crippen molar-refractivity contribution in [1.82, 2.24) is 4.90 Å². The molecular weight excluding hydrogens is 218 g/mol. The van der Waals surface area contributed by atoms with Gasteiger partial charge in [-0.3, -0.25) is 4.79 Å². The van der Waals surface area contributed by atoms with Crippen molar-refractivity contribution in [2.45, 2.75) is 63.8 Å². The molecule has 2 aliphatic heterocycles. The molecule has 2 aliphatic rings. The molecule has 0 spiro atoms. The summed E-state index contributed by atoms with van der Waals surface area (Å²) in [7, 11) is 0. The van der Waals surface area contributed by atoms with E-state index in [1.54, 1.807) is 0 Å². The minimum absolute atomic E-state index is 0.215. The summed E-state index contributed by atoms with van der Waals surface area (Å²) in [6.45, 7) is 6.11. The predicted octanol–water partition coefficient (Wildman–Crippen LogP) is 2.92. The van der Waals surface area contributed by atoms with Crippen LogP contribution in [-0.4, -0.2) is 34.4 Å². The van der Waals surface area contributed by atoms with E-state index in [9.17, 15) is 4.79 Å². The molecule has 2 rings (SSSR count). The molecule has 0 aromatic heterocycles. The van der Waals surface area contributed by atoms with E-state index < -0.39 is 0 Å². The van der Waals surface area contributed by atoms with Gasteiger partial charge in [-0.25, -0.2) is 0 Å². The number of thioether (sulfide) groups is 1. The lowest BCUT2D eigenvalue weighted by atomic mass is 9.91. The molecule has 92 valence electrons. The molecule has 16 heavy (non-hydrogen) atoms. The van der Waals surface area contributed by atoms with Gasteiger partial charge in [-0.1, -0.05) is 20.8 Å². The van der Waals surface area contributed by atoms with Crippen LogP contribution in [0.4, 0.5) is 0 Å². The van der Waals surface area contributed by atoms with Gasteiger partial charge in [-0.05, 0) is 31.9 Å². The minimum Gasteiger partial charge on any atom is -0.336 e. The third kappa shape index (κ3) is 2.11. The smallest absolute Gasteiger partial charge is 0.228 e. The van der Waals surface area contributed by atoms with Crippen LogP contribution in [0.2, 0.25) is 0 Å². The first-order valence-corrected chi connectivity index (χ1v) is 7.58. The molecule has 2 unspecified atom stereocenters. The monoisotopic (exact) mass is 241 g/mol. The van der Waals surface area contributed by atoms with Crippen LogP contribution in [0.1, 0.15) is 46.5 Å². The van der Waals surface area contributed by atoms with Crippen LogP contribution >= 0.6 is 11.8 Å². The Morgan fingerprint density at radius 3 is 2.06 bits per heavy atom. The maximum atomic E-state index is 12.4. The fourth-order valence-corrected chi connectivity index (χ4v) is 3.87. The number of nitrogens with zero attached hydrogens (tertiary/aromatic N) is 1. The van der Waals surface area contributed by atoms with Gasteiger partial charge in [0, 0.05) is 22.7 Å². The first-order chi connectivity index (χ1) is 7.43. The second-order valence-electron chi connectivity index (χ2n) is 6.18. The zero-order valence-electron chi connectivity index (χ0n) is 10.8. The van der Waals surface area contributed by atoms with Gasteiger partial charge in [-0.2, -0.15) is 11.8 Å². The zero-order chi connectivity index (χ0) is 11.9. The molecule has 0 aliphatic carbocycles. The fraction of sp³-hybridized carbons (Fsp3) is 0.923. The molecule has 0 radical (unpaired) electrons. The summed E-state index contributed by atoms with van der Waals surface area (Å²) < 4.78 is 0. The van der Waals surface area contributed by atoms with E-state index >= 15 is 0 Å². The quantitative estimate of drug-likeness (QED) is 0.703. The molecule has 2 heterocycles. The first-order valence-electron chi connectivity index (χ1n) is 6.29. The van der Waals surface area contributed by atoms with Gasteiger partial charge in [0.25, 0.3) is 0 Å². The molecular formula is C13H23NOS. The van der Waals surface area contributed by atoms with Crippen molar-refractivity contribution in [3.05, 3.63) is 0 Å². The highest BCUT2D eigenvalue weighted by molar-refractivity contribution is 7.99. The normalized spacial score (nSPS) is 34.2. The van der Waals surface area contributed by atoms with Crippen molar-refractivity contribution in [3.8, 4) is 0 Å². The van der Waals surface area contributed by atoms with Gasteiger partial charge in [0.15, 0.2) is 0 Å². The lowest BCUT2D eigenvalue weighted by Crippen LogP contribution is -2.51. The molecule has 2 nitrogen and oxygen atoms in total. The summed E-state index contributed by atoms with van der Waals surface area (Å²) in [4.78, 5) is 14.6.